The van der Waals surface area contributed by atoms with E-state index >= 15 is 0 Å². The molecule has 1 aromatic carbocycles. The molecule has 0 aliphatic carbocycles. The van der Waals surface area contributed by atoms with E-state index in [2.05, 4.69) is 0 Å². The van der Waals surface area contributed by atoms with Crippen LogP contribution >= 0.6 is 11.6 Å². The van der Waals surface area contributed by atoms with Crippen LogP contribution < -0.4 is 4.74 Å². The predicted molar refractivity (Wildman–Crippen MR) is 86.9 cm³/mol. The third-order valence-electron chi connectivity index (χ3n) is 4.46. The highest BCUT2D eigenvalue weighted by Crippen LogP contribution is 2.31. The standard InChI is InChI=1S/C17H22ClNO4/c1-12-9-14(10-13(2)16(12)18)21-11-15(20)19-5-3-17(4-6-19)22-7-8-23-17/h9-10H,3-8,11H2,1-2H3. The summed E-state index contributed by atoms with van der Waals surface area (Å²) in [5, 5.41) is 0.738. The third kappa shape index (κ3) is 3.62. The Morgan fingerprint density at radius 1 is 1.22 bits per heavy atom. The number of halogens is 1. The number of carbonyl (C=O) groups excluding carboxylic acids is 1. The first-order valence-corrected chi connectivity index (χ1v) is 8.32. The monoisotopic (exact) mass is 339 g/mol. The summed E-state index contributed by atoms with van der Waals surface area (Å²) in [6.45, 7) is 6.46. The summed E-state index contributed by atoms with van der Waals surface area (Å²) in [5.41, 5.74) is 1.90. The molecule has 0 N–H and O–H groups in total. The van der Waals surface area contributed by atoms with Gasteiger partial charge in [0.15, 0.2) is 12.4 Å². The first kappa shape index (κ1) is 16.6. The highest BCUT2D eigenvalue weighted by atomic mass is 35.5. The van der Waals surface area contributed by atoms with E-state index in [0.29, 0.717) is 32.1 Å². The van der Waals surface area contributed by atoms with Gasteiger partial charge in [-0.1, -0.05) is 11.6 Å². The summed E-state index contributed by atoms with van der Waals surface area (Å²) in [6.07, 6.45) is 1.44. The molecule has 0 unspecified atom stereocenters. The zero-order chi connectivity index (χ0) is 16.4. The van der Waals surface area contributed by atoms with Crippen molar-refractivity contribution in [3.05, 3.63) is 28.3 Å². The van der Waals surface area contributed by atoms with Crippen LogP contribution in [0, 0.1) is 13.8 Å². The van der Waals surface area contributed by atoms with E-state index in [0.717, 1.165) is 29.0 Å². The van der Waals surface area contributed by atoms with Crippen molar-refractivity contribution in [3.63, 3.8) is 0 Å². The van der Waals surface area contributed by atoms with Gasteiger partial charge in [0.25, 0.3) is 5.91 Å². The number of benzene rings is 1. The van der Waals surface area contributed by atoms with Gasteiger partial charge in [0.1, 0.15) is 5.75 Å². The SMILES string of the molecule is Cc1cc(OCC(=O)N2CCC3(CC2)OCCO3)cc(C)c1Cl. The molecule has 6 heteroatoms. The molecule has 1 amide bonds. The molecule has 23 heavy (non-hydrogen) atoms. The number of hydrogen-bond donors (Lipinski definition) is 0. The molecule has 1 aromatic rings. The van der Waals surface area contributed by atoms with Crippen LogP contribution in [0.25, 0.3) is 0 Å². The van der Waals surface area contributed by atoms with Crippen molar-refractivity contribution in [3.8, 4) is 5.75 Å². The second-order valence-corrected chi connectivity index (χ2v) is 6.53. The summed E-state index contributed by atoms with van der Waals surface area (Å²) in [5.74, 6) is 0.207. The number of piperidine rings is 1. The lowest BCUT2D eigenvalue weighted by atomic mass is 10.0. The molecule has 3 rings (SSSR count). The van der Waals surface area contributed by atoms with Crippen LogP contribution in [0.3, 0.4) is 0 Å². The lowest BCUT2D eigenvalue weighted by molar-refractivity contribution is -0.187. The molecule has 126 valence electrons. The topological polar surface area (TPSA) is 48.0 Å². The Labute approximate surface area is 141 Å². The van der Waals surface area contributed by atoms with Crippen LogP contribution in [0.2, 0.25) is 5.02 Å². The Morgan fingerprint density at radius 3 is 2.35 bits per heavy atom. The molecule has 2 heterocycles. The highest BCUT2D eigenvalue weighted by molar-refractivity contribution is 6.32. The smallest absolute Gasteiger partial charge is 0.260 e. The summed E-state index contributed by atoms with van der Waals surface area (Å²) in [7, 11) is 0. The molecule has 2 aliphatic rings. The quantitative estimate of drug-likeness (QED) is 0.849. The van der Waals surface area contributed by atoms with Gasteiger partial charge >= 0.3 is 0 Å². The molecule has 2 saturated heterocycles. The number of amides is 1. The molecule has 0 saturated carbocycles. The Hall–Kier alpha value is -1.30. The fourth-order valence-electron chi connectivity index (χ4n) is 3.11. The van der Waals surface area contributed by atoms with E-state index < -0.39 is 5.79 Å². The minimum absolute atomic E-state index is 0.0110. The number of hydrogen-bond acceptors (Lipinski definition) is 4. The van der Waals surface area contributed by atoms with Gasteiger partial charge in [-0.05, 0) is 37.1 Å². The molecule has 0 radical (unpaired) electrons. The fraction of sp³-hybridized carbons (Fsp3) is 0.588. The van der Waals surface area contributed by atoms with Crippen molar-refractivity contribution in [2.24, 2.45) is 0 Å². The number of ether oxygens (including phenoxy) is 3. The average Bonchev–Trinajstić information content (AvgIpc) is 2.99. The maximum atomic E-state index is 12.3. The molecule has 1 spiro atoms. The van der Waals surface area contributed by atoms with Gasteiger partial charge in [0.2, 0.25) is 0 Å². The lowest BCUT2D eigenvalue weighted by Gasteiger charge is -2.37. The third-order valence-corrected chi connectivity index (χ3v) is 5.06. The number of aryl methyl sites for hydroxylation is 2. The zero-order valence-corrected chi connectivity index (χ0v) is 14.3. The molecule has 2 aliphatic heterocycles. The second-order valence-electron chi connectivity index (χ2n) is 6.15. The van der Waals surface area contributed by atoms with Crippen molar-refractivity contribution in [1.82, 2.24) is 4.90 Å². The van der Waals surface area contributed by atoms with Gasteiger partial charge in [0.05, 0.1) is 13.2 Å². The van der Waals surface area contributed by atoms with E-state index in [1.807, 2.05) is 30.9 Å². The summed E-state index contributed by atoms with van der Waals surface area (Å²) < 4.78 is 17.0. The Balaban J connectivity index is 1.52. The maximum Gasteiger partial charge on any atom is 0.260 e. The lowest BCUT2D eigenvalue weighted by Crippen LogP contribution is -2.48. The minimum atomic E-state index is -0.456. The number of rotatable bonds is 3. The van der Waals surface area contributed by atoms with Gasteiger partial charge in [-0.25, -0.2) is 0 Å². The van der Waals surface area contributed by atoms with Gasteiger partial charge in [-0.2, -0.15) is 0 Å². The molecule has 2 fully saturated rings. The Bertz CT molecular complexity index is 565. The molecular weight excluding hydrogens is 318 g/mol. The van der Waals surface area contributed by atoms with Crippen molar-refractivity contribution < 1.29 is 19.0 Å². The second kappa shape index (κ2) is 6.67. The van der Waals surface area contributed by atoms with Crippen LogP contribution in [0.15, 0.2) is 12.1 Å². The Morgan fingerprint density at radius 2 is 1.78 bits per heavy atom. The van der Waals surface area contributed by atoms with Gasteiger partial charge in [-0.3, -0.25) is 4.79 Å². The van der Waals surface area contributed by atoms with Crippen molar-refractivity contribution >= 4 is 17.5 Å². The van der Waals surface area contributed by atoms with Gasteiger partial charge in [-0.15, -0.1) is 0 Å². The first-order chi connectivity index (χ1) is 11.0. The molecule has 0 bridgehead atoms. The van der Waals surface area contributed by atoms with Crippen LogP contribution in [-0.4, -0.2) is 49.5 Å². The first-order valence-electron chi connectivity index (χ1n) is 7.94. The van der Waals surface area contributed by atoms with E-state index in [1.165, 1.54) is 0 Å². The van der Waals surface area contributed by atoms with Crippen LogP contribution in [0.4, 0.5) is 0 Å². The predicted octanol–water partition coefficient (Wildman–Crippen LogP) is 2.70. The van der Waals surface area contributed by atoms with Crippen molar-refractivity contribution in [2.75, 3.05) is 32.9 Å². The van der Waals surface area contributed by atoms with Crippen LogP contribution in [0.1, 0.15) is 24.0 Å². The number of likely N-dealkylation sites (tertiary alicyclic amines) is 1. The van der Waals surface area contributed by atoms with Crippen molar-refractivity contribution in [1.29, 1.82) is 0 Å². The van der Waals surface area contributed by atoms with E-state index in [9.17, 15) is 4.79 Å². The molecule has 0 aromatic heterocycles. The average molecular weight is 340 g/mol. The van der Waals surface area contributed by atoms with E-state index in [4.69, 9.17) is 25.8 Å². The van der Waals surface area contributed by atoms with Gasteiger partial charge < -0.3 is 19.1 Å². The van der Waals surface area contributed by atoms with E-state index in [1.54, 1.807) is 0 Å². The van der Waals surface area contributed by atoms with Crippen molar-refractivity contribution in [2.45, 2.75) is 32.5 Å². The molecule has 0 atom stereocenters. The normalized spacial score (nSPS) is 20.0. The summed E-state index contributed by atoms with van der Waals surface area (Å²) >= 11 is 6.14. The maximum absolute atomic E-state index is 12.3. The summed E-state index contributed by atoms with van der Waals surface area (Å²) in [6, 6.07) is 3.71. The fourth-order valence-corrected chi connectivity index (χ4v) is 3.22. The van der Waals surface area contributed by atoms with E-state index in [-0.39, 0.29) is 12.5 Å². The number of carbonyl (C=O) groups is 1. The van der Waals surface area contributed by atoms with Gasteiger partial charge in [0, 0.05) is 31.0 Å². The van der Waals surface area contributed by atoms with Crippen LogP contribution in [-0.2, 0) is 14.3 Å². The Kier molecular flexibility index (Phi) is 4.80. The molecule has 5 nitrogen and oxygen atoms in total. The summed E-state index contributed by atoms with van der Waals surface area (Å²) in [4.78, 5) is 14.1. The largest absolute Gasteiger partial charge is 0.484 e. The number of nitrogens with zero attached hydrogens (tertiary/aromatic N) is 1. The highest BCUT2D eigenvalue weighted by Gasteiger charge is 2.40. The zero-order valence-electron chi connectivity index (χ0n) is 13.6. The van der Waals surface area contributed by atoms with Crippen LogP contribution in [0.5, 0.6) is 5.75 Å². The molecular formula is C17H22ClNO4. The minimum Gasteiger partial charge on any atom is -0.484 e.